The van der Waals surface area contributed by atoms with E-state index in [9.17, 15) is 0 Å². The number of likely N-dealkylation sites (N-methyl/N-ethyl adjacent to an activating group) is 1. The van der Waals surface area contributed by atoms with Crippen molar-refractivity contribution in [3.8, 4) is 0 Å². The summed E-state index contributed by atoms with van der Waals surface area (Å²) in [5.41, 5.74) is 0. The third-order valence-corrected chi connectivity index (χ3v) is 5.38. The van der Waals surface area contributed by atoms with Gasteiger partial charge in [0, 0.05) is 37.8 Å². The summed E-state index contributed by atoms with van der Waals surface area (Å²) in [6.07, 6.45) is 9.61. The molecule has 0 bridgehead atoms. The Hall–Kier alpha value is -0.120. The third kappa shape index (κ3) is 4.19. The largest absolute Gasteiger partial charge is 0.312 e. The van der Waals surface area contributed by atoms with E-state index in [1.807, 2.05) is 0 Å². The van der Waals surface area contributed by atoms with Gasteiger partial charge < -0.3 is 10.2 Å². The highest BCUT2D eigenvalue weighted by atomic mass is 15.3. The van der Waals surface area contributed by atoms with Gasteiger partial charge in [-0.2, -0.15) is 0 Å². The molecule has 1 aliphatic carbocycles. The molecule has 1 heterocycles. The number of rotatable bonds is 5. The Morgan fingerprint density at radius 3 is 2.60 bits per heavy atom. The van der Waals surface area contributed by atoms with Crippen LogP contribution in [-0.4, -0.2) is 61.2 Å². The smallest absolute Gasteiger partial charge is 0.0250 e. The van der Waals surface area contributed by atoms with Gasteiger partial charge in [-0.1, -0.05) is 33.1 Å². The summed E-state index contributed by atoms with van der Waals surface area (Å²) in [6, 6.07) is 2.28. The molecule has 118 valence electrons. The van der Waals surface area contributed by atoms with Gasteiger partial charge >= 0.3 is 0 Å². The number of nitrogens with zero attached hydrogens (tertiary/aromatic N) is 2. The second-order valence-corrected chi connectivity index (χ2v) is 6.80. The van der Waals surface area contributed by atoms with Crippen molar-refractivity contribution in [1.82, 2.24) is 15.1 Å². The topological polar surface area (TPSA) is 18.5 Å². The van der Waals surface area contributed by atoms with Crippen LogP contribution >= 0.6 is 0 Å². The maximum Gasteiger partial charge on any atom is 0.0250 e. The fourth-order valence-electron chi connectivity index (χ4n) is 4.01. The van der Waals surface area contributed by atoms with Crippen LogP contribution in [0, 0.1) is 0 Å². The minimum absolute atomic E-state index is 0.735. The molecular formula is C17H35N3. The molecule has 2 rings (SSSR count). The minimum atomic E-state index is 0.735. The monoisotopic (exact) mass is 281 g/mol. The first-order chi connectivity index (χ1) is 9.76. The summed E-state index contributed by atoms with van der Waals surface area (Å²) >= 11 is 0. The molecule has 0 aromatic carbocycles. The molecule has 3 unspecified atom stereocenters. The zero-order chi connectivity index (χ0) is 14.4. The summed E-state index contributed by atoms with van der Waals surface area (Å²) in [5.74, 6) is 0. The van der Waals surface area contributed by atoms with Crippen molar-refractivity contribution in [3.05, 3.63) is 0 Å². The van der Waals surface area contributed by atoms with Gasteiger partial charge in [-0.25, -0.2) is 0 Å². The van der Waals surface area contributed by atoms with E-state index in [1.165, 1.54) is 71.1 Å². The molecule has 3 heteroatoms. The maximum absolute atomic E-state index is 3.85. The average molecular weight is 281 g/mol. The summed E-state index contributed by atoms with van der Waals surface area (Å²) in [7, 11) is 2.30. The molecule has 1 N–H and O–H groups in total. The van der Waals surface area contributed by atoms with Crippen molar-refractivity contribution >= 4 is 0 Å². The third-order valence-electron chi connectivity index (χ3n) is 5.38. The first-order valence-electron chi connectivity index (χ1n) is 8.94. The molecule has 3 nitrogen and oxygen atoms in total. The molecular weight excluding hydrogens is 246 g/mol. The van der Waals surface area contributed by atoms with E-state index in [0.29, 0.717) is 0 Å². The van der Waals surface area contributed by atoms with Crippen LogP contribution < -0.4 is 5.32 Å². The van der Waals surface area contributed by atoms with E-state index < -0.39 is 0 Å². The molecule has 1 saturated carbocycles. The molecule has 0 amide bonds. The number of hydrogen-bond donors (Lipinski definition) is 1. The number of piperazine rings is 1. The van der Waals surface area contributed by atoms with E-state index in [4.69, 9.17) is 0 Å². The van der Waals surface area contributed by atoms with Crippen LogP contribution in [0.5, 0.6) is 0 Å². The molecule has 3 atom stereocenters. The van der Waals surface area contributed by atoms with Crippen molar-refractivity contribution in [2.45, 2.75) is 76.9 Å². The van der Waals surface area contributed by atoms with Crippen molar-refractivity contribution in [3.63, 3.8) is 0 Å². The van der Waals surface area contributed by atoms with Crippen LogP contribution in [0.2, 0.25) is 0 Å². The molecule has 0 aromatic rings. The predicted molar refractivity (Wildman–Crippen MR) is 87.2 cm³/mol. The van der Waals surface area contributed by atoms with E-state index >= 15 is 0 Å². The summed E-state index contributed by atoms with van der Waals surface area (Å²) in [5, 5.41) is 3.85. The summed E-state index contributed by atoms with van der Waals surface area (Å²) in [6.45, 7) is 9.60. The highest BCUT2D eigenvalue weighted by Gasteiger charge is 2.32. The van der Waals surface area contributed by atoms with E-state index in [1.54, 1.807) is 0 Å². The van der Waals surface area contributed by atoms with Crippen molar-refractivity contribution in [1.29, 1.82) is 0 Å². The maximum atomic E-state index is 3.85. The second-order valence-electron chi connectivity index (χ2n) is 6.80. The highest BCUT2D eigenvalue weighted by molar-refractivity contribution is 4.91. The minimum Gasteiger partial charge on any atom is -0.312 e. The Bertz CT molecular complexity index is 269. The lowest BCUT2D eigenvalue weighted by Crippen LogP contribution is -2.58. The SMILES string of the molecule is CCCNC1CCCCCC1N1CCN(C)C(CC)C1. The molecule has 0 spiro atoms. The van der Waals surface area contributed by atoms with Crippen LogP contribution in [0.15, 0.2) is 0 Å². The molecule has 0 aromatic heterocycles. The highest BCUT2D eigenvalue weighted by Crippen LogP contribution is 2.25. The second kappa shape index (κ2) is 8.35. The zero-order valence-electron chi connectivity index (χ0n) is 13.9. The summed E-state index contributed by atoms with van der Waals surface area (Å²) < 4.78 is 0. The lowest BCUT2D eigenvalue weighted by atomic mass is 9.98. The lowest BCUT2D eigenvalue weighted by molar-refractivity contribution is 0.0459. The number of nitrogens with one attached hydrogen (secondary N) is 1. The normalized spacial score (nSPS) is 34.0. The average Bonchev–Trinajstić information content (AvgIpc) is 2.71. The fraction of sp³-hybridized carbons (Fsp3) is 1.00. The first-order valence-corrected chi connectivity index (χ1v) is 8.94. The fourth-order valence-corrected chi connectivity index (χ4v) is 4.01. The molecule has 2 aliphatic rings. The Morgan fingerprint density at radius 2 is 1.85 bits per heavy atom. The molecule has 1 aliphatic heterocycles. The standard InChI is InChI=1S/C17H35N3/c1-4-11-18-16-9-7-6-8-10-17(16)20-13-12-19(3)15(5-2)14-20/h15-18H,4-14H2,1-3H3. The van der Waals surface area contributed by atoms with Gasteiger partial charge in [0.2, 0.25) is 0 Å². The van der Waals surface area contributed by atoms with Gasteiger partial charge in [0.25, 0.3) is 0 Å². The molecule has 20 heavy (non-hydrogen) atoms. The van der Waals surface area contributed by atoms with Crippen molar-refractivity contribution in [2.24, 2.45) is 0 Å². The van der Waals surface area contributed by atoms with Crippen LogP contribution in [-0.2, 0) is 0 Å². The van der Waals surface area contributed by atoms with Crippen molar-refractivity contribution < 1.29 is 0 Å². The van der Waals surface area contributed by atoms with Crippen molar-refractivity contribution in [2.75, 3.05) is 33.2 Å². The first kappa shape index (κ1) is 16.3. The Balaban J connectivity index is 1.98. The van der Waals surface area contributed by atoms with Gasteiger partial charge in [-0.05, 0) is 39.3 Å². The molecule has 0 radical (unpaired) electrons. The van der Waals surface area contributed by atoms with Crippen LogP contribution in [0.25, 0.3) is 0 Å². The van der Waals surface area contributed by atoms with Gasteiger partial charge in [-0.3, -0.25) is 4.90 Å². The Morgan fingerprint density at radius 1 is 1.05 bits per heavy atom. The quantitative estimate of drug-likeness (QED) is 0.782. The number of hydrogen-bond acceptors (Lipinski definition) is 3. The van der Waals surface area contributed by atoms with Crippen LogP contribution in [0.3, 0.4) is 0 Å². The summed E-state index contributed by atoms with van der Waals surface area (Å²) in [4.78, 5) is 5.37. The van der Waals surface area contributed by atoms with E-state index in [2.05, 4.69) is 36.0 Å². The van der Waals surface area contributed by atoms with Crippen LogP contribution in [0.4, 0.5) is 0 Å². The van der Waals surface area contributed by atoms with Crippen LogP contribution in [0.1, 0.15) is 58.8 Å². The lowest BCUT2D eigenvalue weighted by Gasteiger charge is -2.45. The van der Waals surface area contributed by atoms with Gasteiger partial charge in [0.05, 0.1) is 0 Å². The van der Waals surface area contributed by atoms with Gasteiger partial charge in [-0.15, -0.1) is 0 Å². The predicted octanol–water partition coefficient (Wildman–Crippen LogP) is 2.71. The molecule has 2 fully saturated rings. The van der Waals surface area contributed by atoms with Gasteiger partial charge in [0.15, 0.2) is 0 Å². The Labute approximate surface area is 126 Å². The Kier molecular flexibility index (Phi) is 6.79. The van der Waals surface area contributed by atoms with E-state index in [-0.39, 0.29) is 0 Å². The van der Waals surface area contributed by atoms with E-state index in [0.717, 1.165) is 18.1 Å². The molecule has 1 saturated heterocycles. The zero-order valence-corrected chi connectivity index (χ0v) is 13.9. The van der Waals surface area contributed by atoms with Gasteiger partial charge in [0.1, 0.15) is 0 Å².